The summed E-state index contributed by atoms with van der Waals surface area (Å²) in [6.45, 7) is 1.85. The van der Waals surface area contributed by atoms with Gasteiger partial charge in [0.05, 0.1) is 9.79 Å². The van der Waals surface area contributed by atoms with E-state index in [9.17, 15) is 20.7 Å². The van der Waals surface area contributed by atoms with Crippen molar-refractivity contribution in [2.75, 3.05) is 0 Å². The lowest BCUT2D eigenvalue weighted by atomic mass is 10.0. The summed E-state index contributed by atoms with van der Waals surface area (Å²) >= 11 is 0. The Morgan fingerprint density at radius 3 is 1.90 bits per heavy atom. The number of rotatable bonds is 4. The van der Waals surface area contributed by atoms with E-state index in [4.69, 9.17) is 0 Å². The molecule has 0 radical (unpaired) electrons. The van der Waals surface area contributed by atoms with E-state index in [1.807, 2.05) is 6.92 Å². The molecule has 0 amide bonds. The number of hydrogen-bond donors (Lipinski definition) is 1. The first-order valence-electron chi connectivity index (χ1n) is 6.21. The summed E-state index contributed by atoms with van der Waals surface area (Å²) in [6, 6.07) is 4.07. The maximum Gasteiger partial charge on any atom is 0.332 e. The lowest BCUT2D eigenvalue weighted by molar-refractivity contribution is 0.427. The third kappa shape index (κ3) is 3.36. The molecule has 0 aromatic heterocycles. The Morgan fingerprint density at radius 2 is 1.45 bits per heavy atom. The van der Waals surface area contributed by atoms with Crippen molar-refractivity contribution in [2.24, 2.45) is 0 Å². The molecule has 0 atom stereocenters. The van der Waals surface area contributed by atoms with Crippen LogP contribution in [0.15, 0.2) is 34.1 Å². The maximum atomic E-state index is 12.7. The van der Waals surface area contributed by atoms with Crippen molar-refractivity contribution in [1.82, 2.24) is 4.72 Å². The topological polar surface area (TPSA) is 80.3 Å². The number of sulfonamides is 1. The molecule has 20 heavy (non-hydrogen) atoms. The molecule has 0 bridgehead atoms. The predicted octanol–water partition coefficient (Wildman–Crippen LogP) is 1.96. The van der Waals surface area contributed by atoms with Crippen LogP contribution in [-0.4, -0.2) is 22.4 Å². The number of hydrogen-bond acceptors (Lipinski definition) is 4. The quantitative estimate of drug-likeness (QED) is 0.860. The zero-order valence-corrected chi connectivity index (χ0v) is 12.6. The van der Waals surface area contributed by atoms with Crippen molar-refractivity contribution >= 4 is 20.2 Å². The molecule has 0 unspecified atom stereocenters. The molecule has 0 spiro atoms. The van der Waals surface area contributed by atoms with Gasteiger partial charge >= 0.3 is 10.2 Å². The van der Waals surface area contributed by atoms with Crippen molar-refractivity contribution in [1.29, 1.82) is 0 Å². The molecule has 1 fully saturated rings. The molecule has 0 saturated heterocycles. The summed E-state index contributed by atoms with van der Waals surface area (Å²) in [5, 5.41) is 0. The molecule has 8 heteroatoms. The zero-order chi connectivity index (χ0) is 15.0. The summed E-state index contributed by atoms with van der Waals surface area (Å²) in [5.41, 5.74) is -0.469. The van der Waals surface area contributed by atoms with Crippen LogP contribution in [-0.2, 0) is 20.2 Å². The summed E-state index contributed by atoms with van der Waals surface area (Å²) < 4.78 is 61.2. The monoisotopic (exact) mass is 321 g/mol. The van der Waals surface area contributed by atoms with E-state index in [-0.39, 0.29) is 4.90 Å². The molecule has 2 rings (SSSR count). The van der Waals surface area contributed by atoms with E-state index in [0.717, 1.165) is 49.9 Å². The average molecular weight is 321 g/mol. The second kappa shape index (κ2) is 5.09. The van der Waals surface area contributed by atoms with Gasteiger partial charge in [0.25, 0.3) is 0 Å². The van der Waals surface area contributed by atoms with Gasteiger partial charge < -0.3 is 0 Å². The van der Waals surface area contributed by atoms with Gasteiger partial charge in [-0.05, 0) is 44.0 Å². The van der Waals surface area contributed by atoms with Crippen molar-refractivity contribution in [2.45, 2.75) is 47.9 Å². The number of halogens is 1. The van der Waals surface area contributed by atoms with Crippen molar-refractivity contribution in [3.05, 3.63) is 24.3 Å². The van der Waals surface area contributed by atoms with E-state index < -0.39 is 30.7 Å². The van der Waals surface area contributed by atoms with Gasteiger partial charge in [0, 0.05) is 5.54 Å². The fraction of sp³-hybridized carbons (Fsp3) is 0.500. The van der Waals surface area contributed by atoms with Crippen LogP contribution in [0.5, 0.6) is 0 Å². The molecule has 1 aliphatic carbocycles. The highest BCUT2D eigenvalue weighted by Crippen LogP contribution is 2.30. The van der Waals surface area contributed by atoms with Gasteiger partial charge in [-0.25, -0.2) is 13.1 Å². The maximum absolute atomic E-state index is 12.7. The molecule has 1 aliphatic rings. The first kappa shape index (κ1) is 15.4. The second-order valence-corrected chi connectivity index (χ2v) is 8.31. The molecule has 1 N–H and O–H groups in total. The van der Waals surface area contributed by atoms with Crippen LogP contribution in [0.4, 0.5) is 3.89 Å². The lowest BCUT2D eigenvalue weighted by Gasteiger charge is -2.24. The van der Waals surface area contributed by atoms with Gasteiger partial charge in [0.15, 0.2) is 0 Å². The Kier molecular flexibility index (Phi) is 3.92. The van der Waals surface area contributed by atoms with E-state index >= 15 is 0 Å². The van der Waals surface area contributed by atoms with E-state index in [1.54, 1.807) is 0 Å². The fourth-order valence-electron chi connectivity index (χ4n) is 2.42. The number of benzene rings is 1. The highest BCUT2D eigenvalue weighted by atomic mass is 32.3. The Morgan fingerprint density at radius 1 is 1.00 bits per heavy atom. The second-order valence-electron chi connectivity index (χ2n) is 5.28. The van der Waals surface area contributed by atoms with Gasteiger partial charge in [-0.3, -0.25) is 0 Å². The summed E-state index contributed by atoms with van der Waals surface area (Å²) in [5.74, 6) is 0. The van der Waals surface area contributed by atoms with Crippen LogP contribution in [0.2, 0.25) is 0 Å². The normalized spacial score (nSPS) is 19.1. The van der Waals surface area contributed by atoms with Gasteiger partial charge in [0.2, 0.25) is 10.0 Å². The zero-order valence-electron chi connectivity index (χ0n) is 11.0. The largest absolute Gasteiger partial charge is 0.332 e. The minimum Gasteiger partial charge on any atom is -0.207 e. The molecule has 0 heterocycles. The van der Waals surface area contributed by atoms with Crippen LogP contribution < -0.4 is 4.72 Å². The van der Waals surface area contributed by atoms with Crippen LogP contribution in [0, 0.1) is 0 Å². The molecule has 1 aromatic rings. The van der Waals surface area contributed by atoms with Crippen molar-refractivity contribution in [3.8, 4) is 0 Å². The van der Waals surface area contributed by atoms with Crippen LogP contribution in [0.3, 0.4) is 0 Å². The Labute approximate surface area is 118 Å². The predicted molar refractivity (Wildman–Crippen MR) is 71.9 cm³/mol. The lowest BCUT2D eigenvalue weighted by Crippen LogP contribution is -2.43. The third-order valence-corrected chi connectivity index (χ3v) is 5.99. The summed E-state index contributed by atoms with van der Waals surface area (Å²) in [7, 11) is -8.55. The van der Waals surface area contributed by atoms with Gasteiger partial charge in [-0.2, -0.15) is 8.42 Å². The fourth-order valence-corrected chi connectivity index (χ4v) is 4.35. The first-order chi connectivity index (χ1) is 9.12. The highest BCUT2D eigenvalue weighted by Gasteiger charge is 2.33. The minimum atomic E-state index is -4.81. The molecular weight excluding hydrogens is 305 g/mol. The Bertz CT molecular complexity index is 689. The standard InChI is InChI=1S/C12H16FNO4S2/c1-12(8-2-3-9-12)14-20(17,18)11-6-4-10(5-7-11)19(13,15)16/h4-7,14H,2-3,8-9H2,1H3. The minimum absolute atomic E-state index is 0.0713. The van der Waals surface area contributed by atoms with E-state index in [0.29, 0.717) is 0 Å². The third-order valence-electron chi connectivity index (χ3n) is 3.50. The molecule has 1 saturated carbocycles. The van der Waals surface area contributed by atoms with Crippen molar-refractivity contribution in [3.63, 3.8) is 0 Å². The molecule has 112 valence electrons. The molecule has 1 aromatic carbocycles. The molecule has 5 nitrogen and oxygen atoms in total. The molecular formula is C12H16FNO4S2. The SMILES string of the molecule is CC1(NS(=O)(=O)c2ccc(S(=O)(=O)F)cc2)CCCC1. The van der Waals surface area contributed by atoms with Crippen LogP contribution in [0.1, 0.15) is 32.6 Å². The number of nitrogens with one attached hydrogen (secondary N) is 1. The van der Waals surface area contributed by atoms with Crippen LogP contribution >= 0.6 is 0 Å². The highest BCUT2D eigenvalue weighted by molar-refractivity contribution is 7.89. The van der Waals surface area contributed by atoms with Crippen LogP contribution in [0.25, 0.3) is 0 Å². The van der Waals surface area contributed by atoms with Gasteiger partial charge in [-0.1, -0.05) is 12.8 Å². The Hall–Kier alpha value is -0.990. The first-order valence-corrected chi connectivity index (χ1v) is 9.08. The summed E-state index contributed by atoms with van der Waals surface area (Å²) in [6.07, 6.45) is 3.47. The van der Waals surface area contributed by atoms with Crippen molar-refractivity contribution < 1.29 is 20.7 Å². The molecule has 0 aliphatic heterocycles. The van der Waals surface area contributed by atoms with Gasteiger partial charge in [0.1, 0.15) is 0 Å². The summed E-state index contributed by atoms with van der Waals surface area (Å²) in [4.78, 5) is -0.624. The smallest absolute Gasteiger partial charge is 0.207 e. The van der Waals surface area contributed by atoms with E-state index in [1.165, 1.54) is 0 Å². The Balaban J connectivity index is 2.26. The van der Waals surface area contributed by atoms with E-state index in [2.05, 4.69) is 4.72 Å². The average Bonchev–Trinajstić information content (AvgIpc) is 2.74. The van der Waals surface area contributed by atoms with Gasteiger partial charge in [-0.15, -0.1) is 3.89 Å².